The quantitative estimate of drug-likeness (QED) is 0.662. The molecule has 1 unspecified atom stereocenters. The van der Waals surface area contributed by atoms with Crippen LogP contribution in [0.3, 0.4) is 0 Å². The highest BCUT2D eigenvalue weighted by atomic mass is 16.2. The first-order chi connectivity index (χ1) is 5.45. The minimum absolute atomic E-state index is 0.0382. The van der Waals surface area contributed by atoms with Crippen LogP contribution in [-0.4, -0.2) is 56.6 Å². The summed E-state index contributed by atoms with van der Waals surface area (Å²) in [5.41, 5.74) is 0. The molecule has 0 aliphatic rings. The third-order valence-electron chi connectivity index (χ3n) is 1.84. The Bertz CT molecular complexity index is 145. The summed E-state index contributed by atoms with van der Waals surface area (Å²) < 4.78 is 0. The van der Waals surface area contributed by atoms with Crippen LogP contribution in [0.25, 0.3) is 0 Å². The van der Waals surface area contributed by atoms with Gasteiger partial charge in [-0.05, 0) is 21.0 Å². The molecule has 2 amide bonds. The standard InChI is InChI=1S/C8H19N3O/c1-7(10(2)3)6-9-8(12)11(4)5/h7H,6H2,1-5H3,(H,9,12). The van der Waals surface area contributed by atoms with Crippen molar-refractivity contribution in [3.8, 4) is 0 Å². The van der Waals surface area contributed by atoms with Crippen molar-refractivity contribution in [2.45, 2.75) is 13.0 Å². The number of carbonyl (C=O) groups excluding carboxylic acids is 1. The van der Waals surface area contributed by atoms with Crippen LogP contribution in [0.5, 0.6) is 0 Å². The second-order valence-electron chi connectivity index (χ2n) is 3.39. The molecule has 0 saturated heterocycles. The van der Waals surface area contributed by atoms with Crippen LogP contribution >= 0.6 is 0 Å². The summed E-state index contributed by atoms with van der Waals surface area (Å²) >= 11 is 0. The topological polar surface area (TPSA) is 35.6 Å². The Kier molecular flexibility index (Phi) is 4.66. The van der Waals surface area contributed by atoms with Crippen molar-refractivity contribution in [3.05, 3.63) is 0 Å². The molecule has 72 valence electrons. The average molecular weight is 173 g/mol. The molecule has 0 spiro atoms. The van der Waals surface area contributed by atoms with Crippen molar-refractivity contribution in [2.24, 2.45) is 0 Å². The van der Waals surface area contributed by atoms with E-state index in [1.807, 2.05) is 14.1 Å². The van der Waals surface area contributed by atoms with Gasteiger partial charge < -0.3 is 15.1 Å². The van der Waals surface area contributed by atoms with Gasteiger partial charge in [-0.2, -0.15) is 0 Å². The first kappa shape index (κ1) is 11.2. The third kappa shape index (κ3) is 4.18. The summed E-state index contributed by atoms with van der Waals surface area (Å²) in [5, 5.41) is 2.81. The zero-order valence-corrected chi connectivity index (χ0v) is 8.59. The van der Waals surface area contributed by atoms with E-state index >= 15 is 0 Å². The van der Waals surface area contributed by atoms with E-state index in [0.717, 1.165) is 0 Å². The Morgan fingerprint density at radius 2 is 1.83 bits per heavy atom. The van der Waals surface area contributed by atoms with Crippen molar-refractivity contribution in [1.82, 2.24) is 15.1 Å². The first-order valence-electron chi connectivity index (χ1n) is 4.06. The van der Waals surface area contributed by atoms with Gasteiger partial charge in [-0.1, -0.05) is 0 Å². The monoisotopic (exact) mass is 173 g/mol. The fourth-order valence-corrected chi connectivity index (χ4v) is 0.576. The minimum Gasteiger partial charge on any atom is -0.336 e. The van der Waals surface area contributed by atoms with Gasteiger partial charge in [0.1, 0.15) is 0 Å². The van der Waals surface area contributed by atoms with Crippen molar-refractivity contribution in [3.63, 3.8) is 0 Å². The molecule has 0 heterocycles. The largest absolute Gasteiger partial charge is 0.336 e. The van der Waals surface area contributed by atoms with Crippen LogP contribution in [0.1, 0.15) is 6.92 Å². The molecule has 0 saturated carbocycles. The van der Waals surface area contributed by atoms with Crippen LogP contribution in [0.2, 0.25) is 0 Å². The van der Waals surface area contributed by atoms with E-state index in [1.165, 1.54) is 4.90 Å². The third-order valence-corrected chi connectivity index (χ3v) is 1.84. The van der Waals surface area contributed by atoms with E-state index in [0.29, 0.717) is 12.6 Å². The summed E-state index contributed by atoms with van der Waals surface area (Å²) in [6, 6.07) is 0.331. The summed E-state index contributed by atoms with van der Waals surface area (Å²) in [6.07, 6.45) is 0. The Balaban J connectivity index is 3.61. The van der Waals surface area contributed by atoms with Gasteiger partial charge in [0.2, 0.25) is 0 Å². The van der Waals surface area contributed by atoms with E-state index in [2.05, 4.69) is 17.1 Å². The molecule has 0 aliphatic carbocycles. The summed E-state index contributed by atoms with van der Waals surface area (Å²) in [4.78, 5) is 14.7. The molecule has 1 atom stereocenters. The number of likely N-dealkylation sites (N-methyl/N-ethyl adjacent to an activating group) is 1. The minimum atomic E-state index is -0.0382. The van der Waals surface area contributed by atoms with E-state index in [1.54, 1.807) is 14.1 Å². The number of hydrogen-bond acceptors (Lipinski definition) is 2. The molecule has 0 radical (unpaired) electrons. The molecule has 0 aliphatic heterocycles. The molecule has 0 fully saturated rings. The average Bonchev–Trinajstić information content (AvgIpc) is 1.98. The fraction of sp³-hybridized carbons (Fsp3) is 0.875. The van der Waals surface area contributed by atoms with Gasteiger partial charge in [-0.25, -0.2) is 4.79 Å². The van der Waals surface area contributed by atoms with Crippen molar-refractivity contribution in [1.29, 1.82) is 0 Å². The van der Waals surface area contributed by atoms with Gasteiger partial charge in [0.05, 0.1) is 0 Å². The van der Waals surface area contributed by atoms with Crippen LogP contribution in [-0.2, 0) is 0 Å². The van der Waals surface area contributed by atoms with Crippen molar-refractivity contribution < 1.29 is 4.79 Å². The van der Waals surface area contributed by atoms with Crippen LogP contribution in [0.4, 0.5) is 4.79 Å². The molecule has 12 heavy (non-hydrogen) atoms. The lowest BCUT2D eigenvalue weighted by atomic mass is 10.3. The van der Waals surface area contributed by atoms with Gasteiger partial charge in [0, 0.05) is 26.7 Å². The van der Waals surface area contributed by atoms with E-state index in [-0.39, 0.29) is 6.03 Å². The molecule has 1 N–H and O–H groups in total. The zero-order chi connectivity index (χ0) is 9.72. The van der Waals surface area contributed by atoms with Gasteiger partial charge in [-0.3, -0.25) is 0 Å². The van der Waals surface area contributed by atoms with Gasteiger partial charge >= 0.3 is 6.03 Å². The summed E-state index contributed by atoms with van der Waals surface area (Å²) in [6.45, 7) is 2.75. The highest BCUT2D eigenvalue weighted by Crippen LogP contribution is 1.88. The predicted molar refractivity (Wildman–Crippen MR) is 50.2 cm³/mol. The van der Waals surface area contributed by atoms with Gasteiger partial charge in [0.25, 0.3) is 0 Å². The first-order valence-corrected chi connectivity index (χ1v) is 4.06. The SMILES string of the molecule is CC(CNC(=O)N(C)C)N(C)C. The molecule has 0 aromatic carbocycles. The maximum absolute atomic E-state index is 11.1. The molecule has 0 aromatic heterocycles. The number of carbonyl (C=O) groups is 1. The molecule has 4 heteroatoms. The van der Waals surface area contributed by atoms with Crippen LogP contribution in [0, 0.1) is 0 Å². The molecule has 0 rings (SSSR count). The van der Waals surface area contributed by atoms with Crippen molar-refractivity contribution >= 4 is 6.03 Å². The molecule has 4 nitrogen and oxygen atoms in total. The van der Waals surface area contributed by atoms with Gasteiger partial charge in [0.15, 0.2) is 0 Å². The Labute approximate surface area is 74.5 Å². The fourth-order valence-electron chi connectivity index (χ4n) is 0.576. The number of nitrogens with zero attached hydrogens (tertiary/aromatic N) is 2. The van der Waals surface area contributed by atoms with Crippen LogP contribution < -0.4 is 5.32 Å². The lowest BCUT2D eigenvalue weighted by Gasteiger charge is -2.21. The molecule has 0 bridgehead atoms. The lowest BCUT2D eigenvalue weighted by molar-refractivity contribution is 0.212. The zero-order valence-electron chi connectivity index (χ0n) is 8.59. The second kappa shape index (κ2) is 4.98. The molecule has 0 aromatic rings. The highest BCUT2D eigenvalue weighted by molar-refractivity contribution is 5.73. The number of hydrogen-bond donors (Lipinski definition) is 1. The van der Waals surface area contributed by atoms with Crippen LogP contribution in [0.15, 0.2) is 0 Å². The Hall–Kier alpha value is -0.770. The van der Waals surface area contributed by atoms with E-state index in [9.17, 15) is 4.79 Å². The normalized spacial score (nSPS) is 12.8. The maximum Gasteiger partial charge on any atom is 0.316 e. The second-order valence-corrected chi connectivity index (χ2v) is 3.39. The summed E-state index contributed by atoms with van der Waals surface area (Å²) in [5.74, 6) is 0. The molecular weight excluding hydrogens is 154 g/mol. The molecular formula is C8H19N3O. The predicted octanol–water partition coefficient (Wildman–Crippen LogP) is 0.208. The van der Waals surface area contributed by atoms with E-state index < -0.39 is 0 Å². The maximum atomic E-state index is 11.1. The lowest BCUT2D eigenvalue weighted by Crippen LogP contribution is -2.42. The number of rotatable bonds is 3. The Morgan fingerprint density at radius 3 is 2.17 bits per heavy atom. The summed E-state index contributed by atoms with van der Waals surface area (Å²) in [7, 11) is 7.45. The number of nitrogens with one attached hydrogen (secondary N) is 1. The Morgan fingerprint density at radius 1 is 1.33 bits per heavy atom. The van der Waals surface area contributed by atoms with E-state index in [4.69, 9.17) is 0 Å². The van der Waals surface area contributed by atoms with Gasteiger partial charge in [-0.15, -0.1) is 0 Å². The van der Waals surface area contributed by atoms with Crippen molar-refractivity contribution in [2.75, 3.05) is 34.7 Å². The highest BCUT2D eigenvalue weighted by Gasteiger charge is 2.07. The number of urea groups is 1. The number of amides is 2. The smallest absolute Gasteiger partial charge is 0.316 e.